The van der Waals surface area contributed by atoms with Gasteiger partial charge in [0.1, 0.15) is 5.75 Å². The molecule has 0 unspecified atom stereocenters. The van der Waals surface area contributed by atoms with Crippen molar-refractivity contribution >= 4 is 22.4 Å². The quantitative estimate of drug-likeness (QED) is 0.870. The SMILES string of the molecule is CCOc1ccc(C(=O)Nc2nc(CN3CCOCC3)cs2)cc1. The van der Waals surface area contributed by atoms with E-state index in [0.29, 0.717) is 17.3 Å². The molecule has 0 aliphatic carbocycles. The first-order valence-electron chi connectivity index (χ1n) is 8.03. The number of nitrogens with zero attached hydrogens (tertiary/aromatic N) is 2. The van der Waals surface area contributed by atoms with Gasteiger partial charge in [-0.25, -0.2) is 4.98 Å². The number of hydrogen-bond donors (Lipinski definition) is 1. The number of amides is 1. The van der Waals surface area contributed by atoms with Gasteiger partial charge >= 0.3 is 0 Å². The van der Waals surface area contributed by atoms with Gasteiger partial charge in [0, 0.05) is 30.6 Å². The van der Waals surface area contributed by atoms with E-state index in [4.69, 9.17) is 9.47 Å². The summed E-state index contributed by atoms with van der Waals surface area (Å²) >= 11 is 1.45. The maximum Gasteiger partial charge on any atom is 0.257 e. The van der Waals surface area contributed by atoms with Crippen LogP contribution in [-0.2, 0) is 11.3 Å². The van der Waals surface area contributed by atoms with Crippen LogP contribution in [0.1, 0.15) is 23.0 Å². The van der Waals surface area contributed by atoms with Crippen LogP contribution in [0.15, 0.2) is 29.6 Å². The molecule has 1 aliphatic rings. The third-order valence-electron chi connectivity index (χ3n) is 3.69. The molecule has 2 aromatic rings. The van der Waals surface area contributed by atoms with E-state index in [-0.39, 0.29) is 5.91 Å². The van der Waals surface area contributed by atoms with Crippen molar-refractivity contribution in [3.05, 3.63) is 40.9 Å². The highest BCUT2D eigenvalue weighted by atomic mass is 32.1. The molecule has 0 atom stereocenters. The first-order chi connectivity index (χ1) is 11.7. The van der Waals surface area contributed by atoms with Crippen molar-refractivity contribution in [1.29, 1.82) is 0 Å². The molecule has 6 nitrogen and oxygen atoms in total. The number of aromatic nitrogens is 1. The van der Waals surface area contributed by atoms with Gasteiger partial charge in [-0.1, -0.05) is 0 Å². The number of hydrogen-bond acceptors (Lipinski definition) is 6. The van der Waals surface area contributed by atoms with Crippen molar-refractivity contribution in [2.24, 2.45) is 0 Å². The van der Waals surface area contributed by atoms with Crippen LogP contribution in [0.4, 0.5) is 5.13 Å². The van der Waals surface area contributed by atoms with Crippen LogP contribution in [0.3, 0.4) is 0 Å². The first-order valence-corrected chi connectivity index (χ1v) is 8.91. The Balaban J connectivity index is 1.56. The van der Waals surface area contributed by atoms with Gasteiger partial charge in [-0.2, -0.15) is 0 Å². The molecule has 0 saturated carbocycles. The molecule has 2 heterocycles. The Hall–Kier alpha value is -1.96. The summed E-state index contributed by atoms with van der Waals surface area (Å²) in [6.07, 6.45) is 0. The summed E-state index contributed by atoms with van der Waals surface area (Å²) in [6, 6.07) is 7.10. The smallest absolute Gasteiger partial charge is 0.257 e. The fourth-order valence-corrected chi connectivity index (χ4v) is 3.16. The second kappa shape index (κ2) is 8.23. The number of thiazole rings is 1. The molecule has 1 aromatic carbocycles. The Morgan fingerprint density at radius 2 is 2.08 bits per heavy atom. The van der Waals surface area contributed by atoms with Crippen molar-refractivity contribution in [2.75, 3.05) is 38.2 Å². The van der Waals surface area contributed by atoms with Gasteiger partial charge in [0.15, 0.2) is 5.13 Å². The number of carbonyl (C=O) groups excluding carboxylic acids is 1. The number of nitrogens with one attached hydrogen (secondary N) is 1. The largest absolute Gasteiger partial charge is 0.494 e. The Morgan fingerprint density at radius 3 is 2.79 bits per heavy atom. The lowest BCUT2D eigenvalue weighted by atomic mass is 10.2. The highest BCUT2D eigenvalue weighted by Gasteiger charge is 2.14. The first kappa shape index (κ1) is 16.9. The number of morpholine rings is 1. The molecule has 1 amide bonds. The molecule has 0 spiro atoms. The van der Waals surface area contributed by atoms with E-state index in [1.165, 1.54) is 11.3 Å². The van der Waals surface area contributed by atoms with Crippen LogP contribution in [-0.4, -0.2) is 48.7 Å². The minimum absolute atomic E-state index is 0.162. The minimum Gasteiger partial charge on any atom is -0.494 e. The van der Waals surface area contributed by atoms with Crippen LogP contribution in [0, 0.1) is 0 Å². The fraction of sp³-hybridized carbons (Fsp3) is 0.412. The average Bonchev–Trinajstić information content (AvgIpc) is 3.03. The predicted octanol–water partition coefficient (Wildman–Crippen LogP) is 2.63. The summed E-state index contributed by atoms with van der Waals surface area (Å²) in [5, 5.41) is 5.46. The van der Waals surface area contributed by atoms with E-state index >= 15 is 0 Å². The van der Waals surface area contributed by atoms with Crippen molar-refractivity contribution in [3.63, 3.8) is 0 Å². The number of carbonyl (C=O) groups is 1. The summed E-state index contributed by atoms with van der Waals surface area (Å²) in [7, 11) is 0. The summed E-state index contributed by atoms with van der Waals surface area (Å²) in [4.78, 5) is 19.1. The Kier molecular flexibility index (Phi) is 5.79. The zero-order valence-electron chi connectivity index (χ0n) is 13.7. The van der Waals surface area contributed by atoms with Gasteiger partial charge in [-0.05, 0) is 31.2 Å². The van der Waals surface area contributed by atoms with Gasteiger partial charge in [-0.3, -0.25) is 15.0 Å². The third-order valence-corrected chi connectivity index (χ3v) is 4.50. The van der Waals surface area contributed by atoms with E-state index in [1.807, 2.05) is 12.3 Å². The molecule has 24 heavy (non-hydrogen) atoms. The van der Waals surface area contributed by atoms with Crippen LogP contribution >= 0.6 is 11.3 Å². The average molecular weight is 347 g/mol. The molecule has 0 bridgehead atoms. The van der Waals surface area contributed by atoms with Crippen molar-refractivity contribution in [2.45, 2.75) is 13.5 Å². The zero-order chi connectivity index (χ0) is 16.8. The maximum absolute atomic E-state index is 12.3. The molecule has 1 aromatic heterocycles. The number of benzene rings is 1. The van der Waals surface area contributed by atoms with E-state index in [2.05, 4.69) is 15.2 Å². The molecule has 1 fully saturated rings. The predicted molar refractivity (Wildman–Crippen MR) is 93.8 cm³/mol. The third kappa shape index (κ3) is 4.53. The fourth-order valence-electron chi connectivity index (χ4n) is 2.46. The lowest BCUT2D eigenvalue weighted by Crippen LogP contribution is -2.35. The highest BCUT2D eigenvalue weighted by molar-refractivity contribution is 7.13. The van der Waals surface area contributed by atoms with Crippen LogP contribution in [0.5, 0.6) is 5.75 Å². The van der Waals surface area contributed by atoms with E-state index in [0.717, 1.165) is 44.3 Å². The lowest BCUT2D eigenvalue weighted by Gasteiger charge is -2.25. The van der Waals surface area contributed by atoms with Gasteiger partial charge in [0.25, 0.3) is 5.91 Å². The molecule has 0 radical (unpaired) electrons. The van der Waals surface area contributed by atoms with Gasteiger partial charge < -0.3 is 9.47 Å². The summed E-state index contributed by atoms with van der Waals surface area (Å²) in [5.41, 5.74) is 1.56. The molecule has 1 aliphatic heterocycles. The molecule has 1 saturated heterocycles. The molecular formula is C17H21N3O3S. The van der Waals surface area contributed by atoms with Gasteiger partial charge in [0.2, 0.25) is 0 Å². The lowest BCUT2D eigenvalue weighted by molar-refractivity contribution is 0.0337. The summed E-state index contributed by atoms with van der Waals surface area (Å²) in [6.45, 7) is 6.71. The second-order valence-corrected chi connectivity index (χ2v) is 6.30. The highest BCUT2D eigenvalue weighted by Crippen LogP contribution is 2.19. The summed E-state index contributed by atoms with van der Waals surface area (Å²) in [5.74, 6) is 0.599. The van der Waals surface area contributed by atoms with Crippen molar-refractivity contribution in [3.8, 4) is 5.75 Å². The molecule has 3 rings (SSSR count). The number of ether oxygens (including phenoxy) is 2. The van der Waals surface area contributed by atoms with Crippen LogP contribution < -0.4 is 10.1 Å². The van der Waals surface area contributed by atoms with E-state index in [1.54, 1.807) is 24.3 Å². The Bertz CT molecular complexity index is 666. The van der Waals surface area contributed by atoms with Gasteiger partial charge in [0.05, 0.1) is 25.5 Å². The van der Waals surface area contributed by atoms with Crippen LogP contribution in [0.2, 0.25) is 0 Å². The Labute approximate surface area is 145 Å². The molecular weight excluding hydrogens is 326 g/mol. The second-order valence-electron chi connectivity index (χ2n) is 5.44. The number of anilines is 1. The van der Waals surface area contributed by atoms with Crippen molar-refractivity contribution in [1.82, 2.24) is 9.88 Å². The molecule has 1 N–H and O–H groups in total. The molecule has 128 valence electrons. The van der Waals surface area contributed by atoms with Crippen molar-refractivity contribution < 1.29 is 14.3 Å². The van der Waals surface area contributed by atoms with Crippen LogP contribution in [0.25, 0.3) is 0 Å². The normalized spacial score (nSPS) is 15.2. The number of rotatable bonds is 6. The zero-order valence-corrected chi connectivity index (χ0v) is 14.5. The van der Waals surface area contributed by atoms with Gasteiger partial charge in [-0.15, -0.1) is 11.3 Å². The van der Waals surface area contributed by atoms with E-state index < -0.39 is 0 Å². The summed E-state index contributed by atoms with van der Waals surface area (Å²) < 4.78 is 10.7. The monoisotopic (exact) mass is 347 g/mol. The Morgan fingerprint density at radius 1 is 1.33 bits per heavy atom. The van der Waals surface area contributed by atoms with E-state index in [9.17, 15) is 4.79 Å². The molecule has 7 heteroatoms. The minimum atomic E-state index is -0.162. The standard InChI is InChI=1S/C17H21N3O3S/c1-2-23-15-5-3-13(4-6-15)16(21)19-17-18-14(12-24-17)11-20-7-9-22-10-8-20/h3-6,12H,2,7-11H2,1H3,(H,18,19,21). The topological polar surface area (TPSA) is 63.7 Å². The maximum atomic E-state index is 12.3.